The van der Waals surface area contributed by atoms with Crippen molar-refractivity contribution in [3.8, 4) is 0 Å². The van der Waals surface area contributed by atoms with Crippen molar-refractivity contribution in [2.24, 2.45) is 0 Å². The Morgan fingerprint density at radius 3 is 2.44 bits per heavy atom. The van der Waals surface area contributed by atoms with E-state index >= 15 is 0 Å². The molecule has 2 nitrogen and oxygen atoms in total. The van der Waals surface area contributed by atoms with Crippen LogP contribution in [-0.4, -0.2) is 8.42 Å². The molecule has 0 N–H and O–H groups in total. The van der Waals surface area contributed by atoms with Crippen molar-refractivity contribution in [3.05, 3.63) is 53.4 Å². The summed E-state index contributed by atoms with van der Waals surface area (Å²) >= 11 is 0. The third-order valence-corrected chi connectivity index (χ3v) is 2.69. The highest BCUT2D eigenvalue weighted by atomic mass is 32.3. The summed E-state index contributed by atoms with van der Waals surface area (Å²) in [6.07, 6.45) is 1.26. The molecule has 0 atom stereocenters. The Morgan fingerprint density at radius 2 is 1.69 bits per heavy atom. The second-order valence-corrected chi connectivity index (χ2v) is 4.57. The maximum Gasteiger partial charge on any atom is 0.325 e. The molecule has 4 heteroatoms. The first kappa shape index (κ1) is 10.8. The van der Waals surface area contributed by atoms with Gasteiger partial charge in [-0.3, -0.25) is 0 Å². The van der Waals surface area contributed by atoms with Gasteiger partial charge in [0.15, 0.2) is 0 Å². The minimum absolute atomic E-state index is 0.564. The van der Waals surface area contributed by atoms with Gasteiger partial charge in [-0.15, -0.1) is 3.89 Å². The summed E-state index contributed by atoms with van der Waals surface area (Å²) in [6, 6.07) is 13.0. The van der Waals surface area contributed by atoms with Crippen molar-refractivity contribution >= 4 is 27.1 Å². The van der Waals surface area contributed by atoms with Crippen molar-refractivity contribution in [2.45, 2.75) is 0 Å². The van der Waals surface area contributed by atoms with Gasteiger partial charge in [0.05, 0.1) is 5.41 Å². The van der Waals surface area contributed by atoms with Crippen LogP contribution in [0.25, 0.3) is 16.8 Å². The van der Waals surface area contributed by atoms with Gasteiger partial charge >= 0.3 is 10.2 Å². The van der Waals surface area contributed by atoms with Crippen LogP contribution in [0.15, 0.2) is 47.9 Å². The molecule has 0 saturated carbocycles. The molecule has 0 saturated heterocycles. The molecule has 2 aromatic rings. The van der Waals surface area contributed by atoms with Gasteiger partial charge in [-0.2, -0.15) is 8.42 Å². The summed E-state index contributed by atoms with van der Waals surface area (Å²) < 4.78 is 33.1. The Bertz CT molecular complexity index is 640. The highest BCUT2D eigenvalue weighted by molar-refractivity contribution is 7.89. The van der Waals surface area contributed by atoms with Crippen molar-refractivity contribution < 1.29 is 12.3 Å². The minimum atomic E-state index is -4.57. The summed E-state index contributed by atoms with van der Waals surface area (Å²) in [4.78, 5) is 0. The monoisotopic (exact) mass is 236 g/mol. The lowest BCUT2D eigenvalue weighted by molar-refractivity contribution is 0.563. The second-order valence-electron chi connectivity index (χ2n) is 3.35. The second kappa shape index (κ2) is 4.06. The molecule has 2 rings (SSSR count). The Morgan fingerprint density at radius 1 is 1.00 bits per heavy atom. The highest BCUT2D eigenvalue weighted by Crippen LogP contribution is 2.19. The number of hydrogen-bond acceptors (Lipinski definition) is 2. The van der Waals surface area contributed by atoms with Crippen LogP contribution in [0.3, 0.4) is 0 Å². The summed E-state index contributed by atoms with van der Waals surface area (Å²) in [5.41, 5.74) is 0.680. The largest absolute Gasteiger partial charge is 0.325 e. The normalized spacial score (nSPS) is 12.3. The van der Waals surface area contributed by atoms with E-state index in [9.17, 15) is 12.3 Å². The average molecular weight is 236 g/mol. The minimum Gasteiger partial charge on any atom is -0.190 e. The molecule has 0 bridgehead atoms. The van der Waals surface area contributed by atoms with Crippen LogP contribution >= 0.6 is 0 Å². The lowest BCUT2D eigenvalue weighted by Crippen LogP contribution is -1.82. The fourth-order valence-electron chi connectivity index (χ4n) is 1.55. The third kappa shape index (κ3) is 2.46. The zero-order chi connectivity index (χ0) is 11.6. The topological polar surface area (TPSA) is 34.1 Å². The molecule has 0 aliphatic heterocycles. The molecule has 0 aliphatic carbocycles. The van der Waals surface area contributed by atoms with Crippen LogP contribution in [-0.2, 0) is 10.2 Å². The Kier molecular flexibility index (Phi) is 2.75. The van der Waals surface area contributed by atoms with E-state index < -0.39 is 10.2 Å². The molecule has 0 radical (unpaired) electrons. The number of rotatable bonds is 2. The van der Waals surface area contributed by atoms with E-state index in [1.54, 1.807) is 12.1 Å². The number of fused-ring (bicyclic) bond motifs is 1. The number of hydrogen-bond donors (Lipinski definition) is 0. The fourth-order valence-corrected chi connectivity index (χ4v) is 1.86. The van der Waals surface area contributed by atoms with Gasteiger partial charge in [-0.1, -0.05) is 42.5 Å². The van der Waals surface area contributed by atoms with Gasteiger partial charge in [0.1, 0.15) is 0 Å². The molecular weight excluding hydrogens is 227 g/mol. The van der Waals surface area contributed by atoms with Crippen LogP contribution < -0.4 is 0 Å². The smallest absolute Gasteiger partial charge is 0.190 e. The van der Waals surface area contributed by atoms with Crippen molar-refractivity contribution in [2.75, 3.05) is 0 Å². The van der Waals surface area contributed by atoms with Gasteiger partial charge in [0, 0.05) is 0 Å². The summed E-state index contributed by atoms with van der Waals surface area (Å²) in [5.74, 6) is 0. The van der Waals surface area contributed by atoms with Gasteiger partial charge in [-0.25, -0.2) is 0 Å². The van der Waals surface area contributed by atoms with Crippen molar-refractivity contribution in [1.82, 2.24) is 0 Å². The van der Waals surface area contributed by atoms with Crippen LogP contribution in [0.2, 0.25) is 0 Å². The van der Waals surface area contributed by atoms with E-state index in [4.69, 9.17) is 0 Å². The van der Waals surface area contributed by atoms with Crippen LogP contribution in [0, 0.1) is 0 Å². The molecule has 0 aliphatic rings. The third-order valence-electron chi connectivity index (χ3n) is 2.23. The summed E-state index contributed by atoms with van der Waals surface area (Å²) in [5, 5.41) is 2.44. The molecule has 0 heterocycles. The van der Waals surface area contributed by atoms with E-state index in [2.05, 4.69) is 0 Å². The predicted molar refractivity (Wildman–Crippen MR) is 63.0 cm³/mol. The maximum atomic E-state index is 12.4. The van der Waals surface area contributed by atoms with Gasteiger partial charge in [-0.05, 0) is 22.4 Å². The molecule has 0 aromatic heterocycles. The molecule has 2 aromatic carbocycles. The Balaban J connectivity index is 2.57. The first-order valence-electron chi connectivity index (χ1n) is 4.67. The average Bonchev–Trinajstić information content (AvgIpc) is 2.25. The lowest BCUT2D eigenvalue weighted by atomic mass is 10.1. The standard InChI is InChI=1S/C12H9FO2S/c13-16(14,15)9-8-11-6-3-5-10-4-1-2-7-12(10)11/h1-9H. The fraction of sp³-hybridized carbons (Fsp3) is 0. The van der Waals surface area contributed by atoms with Gasteiger partial charge in [0.2, 0.25) is 0 Å². The quantitative estimate of drug-likeness (QED) is 0.751. The zero-order valence-corrected chi connectivity index (χ0v) is 9.12. The zero-order valence-electron chi connectivity index (χ0n) is 8.30. The van der Waals surface area contributed by atoms with E-state index in [0.717, 1.165) is 10.8 Å². The number of halogens is 1. The molecule has 0 fully saturated rings. The van der Waals surface area contributed by atoms with Gasteiger partial charge in [0.25, 0.3) is 0 Å². The Labute approximate surface area is 93.2 Å². The van der Waals surface area contributed by atoms with E-state index in [0.29, 0.717) is 11.0 Å². The van der Waals surface area contributed by atoms with Crippen LogP contribution in [0.5, 0.6) is 0 Å². The molecule has 0 spiro atoms. The van der Waals surface area contributed by atoms with E-state index in [-0.39, 0.29) is 0 Å². The van der Waals surface area contributed by atoms with Crippen LogP contribution in [0.1, 0.15) is 5.56 Å². The number of benzene rings is 2. The highest BCUT2D eigenvalue weighted by Gasteiger charge is 2.01. The van der Waals surface area contributed by atoms with E-state index in [1.807, 2.05) is 30.3 Å². The van der Waals surface area contributed by atoms with Crippen LogP contribution in [0.4, 0.5) is 3.89 Å². The first-order valence-corrected chi connectivity index (χ1v) is 6.11. The first-order chi connectivity index (χ1) is 7.56. The summed E-state index contributed by atoms with van der Waals surface area (Å²) in [6.45, 7) is 0. The SMILES string of the molecule is O=S(=O)(F)C=Cc1cccc2ccccc12. The van der Waals surface area contributed by atoms with E-state index in [1.165, 1.54) is 6.08 Å². The van der Waals surface area contributed by atoms with Crippen molar-refractivity contribution in [1.29, 1.82) is 0 Å². The summed E-state index contributed by atoms with van der Waals surface area (Å²) in [7, 11) is -4.57. The predicted octanol–water partition coefficient (Wildman–Crippen LogP) is 3.11. The molecule has 16 heavy (non-hydrogen) atoms. The molecule has 0 unspecified atom stereocenters. The lowest BCUT2D eigenvalue weighted by Gasteiger charge is -2.00. The maximum absolute atomic E-state index is 12.4. The Hall–Kier alpha value is -1.68. The molecule has 82 valence electrons. The molecular formula is C12H9FO2S. The van der Waals surface area contributed by atoms with Crippen molar-refractivity contribution in [3.63, 3.8) is 0 Å². The van der Waals surface area contributed by atoms with Gasteiger partial charge < -0.3 is 0 Å². The molecule has 0 amide bonds.